The van der Waals surface area contributed by atoms with Crippen molar-refractivity contribution in [2.24, 2.45) is 0 Å². The highest BCUT2D eigenvalue weighted by Gasteiger charge is 2.15. The molecule has 2 rings (SSSR count). The number of aromatic carboxylic acids is 1. The molecule has 0 aliphatic carbocycles. The maximum Gasteiger partial charge on any atom is 0.387 e. The summed E-state index contributed by atoms with van der Waals surface area (Å²) in [5.74, 6) is -3.29. The average Bonchev–Trinajstić information content (AvgIpc) is 2.62. The minimum Gasteiger partial charge on any atom is -0.478 e. The molecule has 0 fully saturated rings. The van der Waals surface area contributed by atoms with Gasteiger partial charge in [0.05, 0.1) is 11.3 Å². The van der Waals surface area contributed by atoms with E-state index in [1.165, 1.54) is 24.3 Å². The molecule has 29 heavy (non-hydrogen) atoms. The smallest absolute Gasteiger partial charge is 0.387 e. The number of amides is 1. The fraction of sp³-hybridized carbons (Fsp3) is 0.111. The van der Waals surface area contributed by atoms with E-state index in [2.05, 4.69) is 14.8 Å². The molecule has 0 aliphatic heterocycles. The van der Waals surface area contributed by atoms with Crippen LogP contribution in [0.3, 0.4) is 0 Å². The van der Waals surface area contributed by atoms with Crippen molar-refractivity contribution in [1.82, 2.24) is 0 Å². The van der Waals surface area contributed by atoms with E-state index in [1.54, 1.807) is 0 Å². The van der Waals surface area contributed by atoms with Crippen molar-refractivity contribution in [2.75, 3.05) is 5.32 Å². The number of hydrogen-bond acceptors (Lipinski definition) is 4. The number of rotatable bonds is 8. The molecule has 0 aliphatic rings. The number of carboxylic acid groups (broad SMARTS) is 1. The first-order chi connectivity index (χ1) is 13.7. The first-order valence-corrected chi connectivity index (χ1v) is 8.09. The van der Waals surface area contributed by atoms with E-state index in [4.69, 9.17) is 16.7 Å². The fourth-order valence-corrected chi connectivity index (χ4v) is 2.33. The van der Waals surface area contributed by atoms with Crippen molar-refractivity contribution in [2.45, 2.75) is 13.2 Å². The van der Waals surface area contributed by atoms with Crippen molar-refractivity contribution in [3.8, 4) is 11.5 Å². The van der Waals surface area contributed by atoms with Crippen molar-refractivity contribution in [3.63, 3.8) is 0 Å². The number of carbonyl (C=O) groups is 2. The van der Waals surface area contributed by atoms with Gasteiger partial charge in [-0.2, -0.15) is 17.6 Å². The fourth-order valence-electron chi connectivity index (χ4n) is 2.16. The first-order valence-electron chi connectivity index (χ1n) is 7.71. The molecular weight excluding hydrogens is 422 g/mol. The maximum absolute atomic E-state index is 12.5. The van der Waals surface area contributed by atoms with Crippen LogP contribution in [0.15, 0.2) is 42.5 Å². The summed E-state index contributed by atoms with van der Waals surface area (Å²) in [6.45, 7) is -6.53. The summed E-state index contributed by atoms with van der Waals surface area (Å²) < 4.78 is 57.8. The second-order valence-corrected chi connectivity index (χ2v) is 5.72. The van der Waals surface area contributed by atoms with Crippen molar-refractivity contribution < 1.29 is 41.7 Å². The van der Waals surface area contributed by atoms with Crippen molar-refractivity contribution >= 4 is 35.2 Å². The molecule has 0 unspecified atom stereocenters. The van der Waals surface area contributed by atoms with Gasteiger partial charge in [0.1, 0.15) is 0 Å². The molecule has 1 amide bonds. The van der Waals surface area contributed by atoms with Crippen LogP contribution < -0.4 is 14.8 Å². The molecule has 0 radical (unpaired) electrons. The van der Waals surface area contributed by atoms with Gasteiger partial charge in [-0.1, -0.05) is 17.7 Å². The molecule has 154 valence electrons. The van der Waals surface area contributed by atoms with Crippen LogP contribution in [-0.2, 0) is 4.79 Å². The third-order valence-electron chi connectivity index (χ3n) is 3.30. The quantitative estimate of drug-likeness (QED) is 0.457. The van der Waals surface area contributed by atoms with Crippen molar-refractivity contribution in [3.05, 3.63) is 58.6 Å². The Kier molecular flexibility index (Phi) is 7.43. The summed E-state index contributed by atoms with van der Waals surface area (Å²) in [7, 11) is 0. The monoisotopic (exact) mass is 433 g/mol. The Morgan fingerprint density at radius 1 is 1.00 bits per heavy atom. The largest absolute Gasteiger partial charge is 0.478 e. The number of benzene rings is 2. The van der Waals surface area contributed by atoms with Gasteiger partial charge in [-0.3, -0.25) is 4.79 Å². The minimum atomic E-state index is -3.28. The standard InChI is InChI=1S/C18H12ClF4NO5/c19-10-3-4-12(11(8-10)16(26)27)24-15(25)6-2-9-1-5-13(28-17(20)21)14(7-9)29-18(22)23/h1-8,17-18H,(H,24,25)(H,26,27)/b6-2+. The molecule has 0 saturated heterocycles. The van der Waals surface area contributed by atoms with E-state index in [1.807, 2.05) is 0 Å². The zero-order valence-electron chi connectivity index (χ0n) is 14.2. The van der Waals surface area contributed by atoms with Crippen LogP contribution in [0, 0.1) is 0 Å². The summed E-state index contributed by atoms with van der Waals surface area (Å²) in [6.07, 6.45) is 2.16. The summed E-state index contributed by atoms with van der Waals surface area (Å²) >= 11 is 5.72. The normalized spacial score (nSPS) is 11.1. The van der Waals surface area contributed by atoms with Crippen LogP contribution in [-0.4, -0.2) is 30.2 Å². The average molecular weight is 434 g/mol. The topological polar surface area (TPSA) is 84.9 Å². The highest BCUT2D eigenvalue weighted by Crippen LogP contribution is 2.31. The number of carbonyl (C=O) groups excluding carboxylic acids is 1. The number of nitrogens with one attached hydrogen (secondary N) is 1. The number of halogens is 5. The molecule has 2 aromatic rings. The van der Waals surface area contributed by atoms with Gasteiger partial charge in [-0.25, -0.2) is 4.79 Å². The van der Waals surface area contributed by atoms with Gasteiger partial charge in [0.2, 0.25) is 5.91 Å². The van der Waals surface area contributed by atoms with Gasteiger partial charge in [-0.15, -0.1) is 0 Å². The molecule has 0 spiro atoms. The molecule has 0 bridgehead atoms. The Hall–Kier alpha value is -3.27. The molecule has 2 aromatic carbocycles. The number of ether oxygens (including phenoxy) is 2. The number of carboxylic acids is 1. The zero-order chi connectivity index (χ0) is 21.6. The Bertz CT molecular complexity index is 936. The van der Waals surface area contributed by atoms with Gasteiger partial charge in [-0.05, 0) is 42.0 Å². The minimum absolute atomic E-state index is 0.0149. The number of alkyl halides is 4. The van der Waals surface area contributed by atoms with Crippen LogP contribution in [0.4, 0.5) is 23.2 Å². The summed E-state index contributed by atoms with van der Waals surface area (Å²) in [6, 6.07) is 7.00. The first kappa shape index (κ1) is 22.0. The Morgan fingerprint density at radius 3 is 2.28 bits per heavy atom. The SMILES string of the molecule is O=C(/C=C/c1ccc(OC(F)F)c(OC(F)F)c1)Nc1ccc(Cl)cc1C(=O)O. The predicted molar refractivity (Wildman–Crippen MR) is 95.8 cm³/mol. The molecule has 0 aromatic heterocycles. The van der Waals surface area contributed by atoms with Gasteiger partial charge < -0.3 is 19.9 Å². The Balaban J connectivity index is 2.18. The number of hydrogen-bond donors (Lipinski definition) is 2. The highest BCUT2D eigenvalue weighted by molar-refractivity contribution is 6.31. The molecule has 0 saturated carbocycles. The van der Waals surface area contributed by atoms with E-state index in [9.17, 15) is 27.2 Å². The predicted octanol–water partition coefficient (Wildman–Crippen LogP) is 4.89. The van der Waals surface area contributed by atoms with E-state index in [-0.39, 0.29) is 21.8 Å². The van der Waals surface area contributed by atoms with Crippen molar-refractivity contribution in [1.29, 1.82) is 0 Å². The van der Waals surface area contributed by atoms with Gasteiger partial charge >= 0.3 is 19.2 Å². The van der Waals surface area contributed by atoms with Crippen LogP contribution in [0.5, 0.6) is 11.5 Å². The second-order valence-electron chi connectivity index (χ2n) is 5.28. The van der Waals surface area contributed by atoms with E-state index >= 15 is 0 Å². The highest BCUT2D eigenvalue weighted by atomic mass is 35.5. The summed E-state index contributed by atoms with van der Waals surface area (Å²) in [5.41, 5.74) is -0.0914. The van der Waals surface area contributed by atoms with E-state index in [0.717, 1.165) is 24.3 Å². The van der Waals surface area contributed by atoms with Gasteiger partial charge in [0.25, 0.3) is 0 Å². The second kappa shape index (κ2) is 9.78. The van der Waals surface area contributed by atoms with Gasteiger partial charge in [0.15, 0.2) is 11.5 Å². The van der Waals surface area contributed by atoms with E-state index in [0.29, 0.717) is 0 Å². The third kappa shape index (κ3) is 6.68. The molecule has 0 heterocycles. The van der Waals surface area contributed by atoms with Crippen LogP contribution in [0.2, 0.25) is 5.02 Å². The maximum atomic E-state index is 12.5. The zero-order valence-corrected chi connectivity index (χ0v) is 15.0. The molecule has 6 nitrogen and oxygen atoms in total. The summed E-state index contributed by atoms with van der Waals surface area (Å²) in [5, 5.41) is 11.6. The Morgan fingerprint density at radius 2 is 1.66 bits per heavy atom. The lowest BCUT2D eigenvalue weighted by atomic mass is 10.1. The lowest BCUT2D eigenvalue weighted by Crippen LogP contribution is -2.12. The lowest BCUT2D eigenvalue weighted by Gasteiger charge is -2.12. The molecular formula is C18H12ClF4NO5. The van der Waals surface area contributed by atoms with Gasteiger partial charge in [0, 0.05) is 11.1 Å². The third-order valence-corrected chi connectivity index (χ3v) is 3.53. The van der Waals surface area contributed by atoms with Crippen LogP contribution >= 0.6 is 11.6 Å². The van der Waals surface area contributed by atoms with Crippen LogP contribution in [0.25, 0.3) is 6.08 Å². The number of anilines is 1. The summed E-state index contributed by atoms with van der Waals surface area (Å²) in [4.78, 5) is 23.2. The lowest BCUT2D eigenvalue weighted by molar-refractivity contribution is -0.111. The van der Waals surface area contributed by atoms with Crippen LogP contribution in [0.1, 0.15) is 15.9 Å². The molecule has 2 N–H and O–H groups in total. The van der Waals surface area contributed by atoms with E-state index < -0.39 is 36.6 Å². The molecule has 11 heteroatoms. The Labute approximate surface area is 166 Å². The molecule has 0 atom stereocenters.